The van der Waals surface area contributed by atoms with Gasteiger partial charge in [-0.25, -0.2) is 4.39 Å². The zero-order valence-electron chi connectivity index (χ0n) is 17.6. The van der Waals surface area contributed by atoms with Gasteiger partial charge in [-0.05, 0) is 42.8 Å². The molecule has 6 rings (SSSR count). The Bertz CT molecular complexity index is 1260. The van der Waals surface area contributed by atoms with Gasteiger partial charge in [0.1, 0.15) is 11.5 Å². The molecule has 2 amide bonds. The third-order valence-corrected chi connectivity index (χ3v) is 6.40. The number of hydrogen-bond donors (Lipinski definition) is 0. The van der Waals surface area contributed by atoms with E-state index < -0.39 is 5.92 Å². The first-order chi connectivity index (χ1) is 16.1. The number of anilines is 1. The van der Waals surface area contributed by atoms with E-state index in [4.69, 9.17) is 14.0 Å². The number of amides is 2. The molecule has 0 spiro atoms. The van der Waals surface area contributed by atoms with Gasteiger partial charge in [-0.15, -0.1) is 0 Å². The fourth-order valence-corrected chi connectivity index (χ4v) is 4.68. The predicted octanol–water partition coefficient (Wildman–Crippen LogP) is 3.15. The van der Waals surface area contributed by atoms with Gasteiger partial charge >= 0.3 is 0 Å². The Balaban J connectivity index is 1.16. The molecule has 3 aromatic rings. The second-order valence-electron chi connectivity index (χ2n) is 8.40. The predicted molar refractivity (Wildman–Crippen MR) is 114 cm³/mol. The molecule has 3 aliphatic rings. The lowest BCUT2D eigenvalue weighted by Crippen LogP contribution is -2.40. The van der Waals surface area contributed by atoms with Crippen molar-refractivity contribution in [3.8, 4) is 22.8 Å². The number of benzene rings is 2. The van der Waals surface area contributed by atoms with Crippen molar-refractivity contribution < 1.29 is 28.0 Å². The summed E-state index contributed by atoms with van der Waals surface area (Å²) < 4.78 is 29.5. The Labute approximate surface area is 188 Å². The van der Waals surface area contributed by atoms with Gasteiger partial charge in [-0.1, -0.05) is 5.16 Å². The molecule has 8 nitrogen and oxygen atoms in total. The summed E-state index contributed by atoms with van der Waals surface area (Å²) in [6, 6.07) is 11.4. The normalized spacial score (nSPS) is 19.2. The number of aromatic nitrogens is 1. The minimum Gasteiger partial charge on any atom is -0.454 e. The molecule has 1 aromatic heterocycles. The minimum atomic E-state index is -0.423. The summed E-state index contributed by atoms with van der Waals surface area (Å²) in [4.78, 5) is 29.3. The Morgan fingerprint density at radius 3 is 2.76 bits per heavy atom. The quantitative estimate of drug-likeness (QED) is 0.611. The summed E-state index contributed by atoms with van der Waals surface area (Å²) >= 11 is 0. The smallest absolute Gasteiger partial charge is 0.231 e. The topological polar surface area (TPSA) is 85.1 Å². The Kier molecular flexibility index (Phi) is 4.56. The molecule has 9 heteroatoms. The molecule has 1 unspecified atom stereocenters. The van der Waals surface area contributed by atoms with Gasteiger partial charge < -0.3 is 23.8 Å². The van der Waals surface area contributed by atoms with E-state index in [-0.39, 0.29) is 30.8 Å². The van der Waals surface area contributed by atoms with Crippen molar-refractivity contribution in [1.82, 2.24) is 10.1 Å². The summed E-state index contributed by atoms with van der Waals surface area (Å²) in [5.41, 5.74) is 3.09. The fraction of sp³-hybridized carbons (Fsp3) is 0.292. The highest BCUT2D eigenvalue weighted by molar-refractivity contribution is 6.00. The van der Waals surface area contributed by atoms with Crippen molar-refractivity contribution in [1.29, 1.82) is 0 Å². The van der Waals surface area contributed by atoms with E-state index in [1.165, 1.54) is 12.1 Å². The molecule has 1 fully saturated rings. The van der Waals surface area contributed by atoms with Gasteiger partial charge in [-0.2, -0.15) is 0 Å². The highest BCUT2D eigenvalue weighted by Crippen LogP contribution is 2.38. The molecular weight excluding hydrogens is 429 g/mol. The summed E-state index contributed by atoms with van der Waals surface area (Å²) in [5, 5.41) is 4.16. The van der Waals surface area contributed by atoms with Gasteiger partial charge in [0, 0.05) is 42.4 Å². The molecule has 0 radical (unpaired) electrons. The van der Waals surface area contributed by atoms with Crippen LogP contribution in [0.5, 0.6) is 11.5 Å². The molecule has 3 aliphatic heterocycles. The number of halogens is 1. The summed E-state index contributed by atoms with van der Waals surface area (Å²) in [6.45, 7) is 1.32. The second kappa shape index (κ2) is 7.61. The highest BCUT2D eigenvalue weighted by atomic mass is 19.1. The van der Waals surface area contributed by atoms with E-state index in [9.17, 15) is 14.0 Å². The summed E-state index contributed by atoms with van der Waals surface area (Å²) in [6.07, 6.45) is 0.750. The van der Waals surface area contributed by atoms with Crippen LogP contribution in [0.15, 0.2) is 47.0 Å². The van der Waals surface area contributed by atoms with Crippen LogP contribution in [0.4, 0.5) is 10.1 Å². The zero-order valence-corrected chi connectivity index (χ0v) is 17.6. The lowest BCUT2D eigenvalue weighted by atomic mass is 9.99. The van der Waals surface area contributed by atoms with Crippen LogP contribution in [0, 0.1) is 11.7 Å². The van der Waals surface area contributed by atoms with Crippen molar-refractivity contribution in [2.75, 3.05) is 24.8 Å². The van der Waals surface area contributed by atoms with Gasteiger partial charge in [0.05, 0.1) is 12.5 Å². The fourth-order valence-electron chi connectivity index (χ4n) is 4.68. The number of ether oxygens (including phenoxy) is 2. The van der Waals surface area contributed by atoms with Crippen molar-refractivity contribution in [2.24, 2.45) is 5.92 Å². The first-order valence-electron chi connectivity index (χ1n) is 10.8. The maximum Gasteiger partial charge on any atom is 0.231 e. The van der Waals surface area contributed by atoms with E-state index in [0.29, 0.717) is 54.7 Å². The Hall–Kier alpha value is -3.88. The van der Waals surface area contributed by atoms with Crippen molar-refractivity contribution in [2.45, 2.75) is 19.4 Å². The Morgan fingerprint density at radius 1 is 1.09 bits per heavy atom. The lowest BCUT2D eigenvalue weighted by Gasteiger charge is -2.28. The Morgan fingerprint density at radius 2 is 1.91 bits per heavy atom. The van der Waals surface area contributed by atoms with E-state index >= 15 is 0 Å². The van der Waals surface area contributed by atoms with Crippen LogP contribution in [0.25, 0.3) is 11.3 Å². The van der Waals surface area contributed by atoms with Crippen LogP contribution in [0.3, 0.4) is 0 Å². The number of rotatable bonds is 3. The maximum absolute atomic E-state index is 13.2. The third kappa shape index (κ3) is 3.40. The SMILES string of the molecule is O=C(C1CC(=O)N(c2ccc3c(c2)OCO3)C1)N1CCc2c(noc2-c2ccc(F)cc2)C1. The van der Waals surface area contributed by atoms with Crippen LogP contribution in [0.2, 0.25) is 0 Å². The maximum atomic E-state index is 13.2. The van der Waals surface area contributed by atoms with Gasteiger partial charge in [0.25, 0.3) is 0 Å². The molecule has 168 valence electrons. The summed E-state index contributed by atoms with van der Waals surface area (Å²) in [7, 11) is 0. The van der Waals surface area contributed by atoms with Gasteiger partial charge in [0.15, 0.2) is 17.3 Å². The molecule has 4 heterocycles. The molecule has 0 bridgehead atoms. The number of fused-ring (bicyclic) bond motifs is 2. The molecule has 2 aromatic carbocycles. The largest absolute Gasteiger partial charge is 0.454 e. The molecule has 0 saturated carbocycles. The van der Waals surface area contributed by atoms with Crippen LogP contribution in [-0.4, -0.2) is 41.8 Å². The molecule has 1 atom stereocenters. The molecule has 0 aliphatic carbocycles. The molecule has 33 heavy (non-hydrogen) atoms. The number of carbonyl (C=O) groups excluding carboxylic acids is 2. The van der Waals surface area contributed by atoms with Crippen LogP contribution in [-0.2, 0) is 22.6 Å². The van der Waals surface area contributed by atoms with Crippen molar-refractivity contribution >= 4 is 17.5 Å². The molecule has 1 saturated heterocycles. The van der Waals surface area contributed by atoms with Crippen LogP contribution >= 0.6 is 0 Å². The summed E-state index contributed by atoms with van der Waals surface area (Å²) in [5.74, 6) is 0.963. The van der Waals surface area contributed by atoms with Crippen molar-refractivity contribution in [3.63, 3.8) is 0 Å². The second-order valence-corrected chi connectivity index (χ2v) is 8.40. The number of nitrogens with zero attached hydrogens (tertiary/aromatic N) is 3. The lowest BCUT2D eigenvalue weighted by molar-refractivity contribution is -0.136. The van der Waals surface area contributed by atoms with Gasteiger partial charge in [-0.3, -0.25) is 9.59 Å². The van der Waals surface area contributed by atoms with Crippen LogP contribution in [0.1, 0.15) is 17.7 Å². The van der Waals surface area contributed by atoms with Crippen molar-refractivity contribution in [3.05, 3.63) is 59.5 Å². The third-order valence-electron chi connectivity index (χ3n) is 6.40. The van der Waals surface area contributed by atoms with Gasteiger partial charge in [0.2, 0.25) is 18.6 Å². The first kappa shape index (κ1) is 19.8. The highest BCUT2D eigenvalue weighted by Gasteiger charge is 2.39. The first-order valence-corrected chi connectivity index (χ1v) is 10.8. The minimum absolute atomic E-state index is 0.0661. The zero-order chi connectivity index (χ0) is 22.5. The number of hydrogen-bond acceptors (Lipinski definition) is 6. The monoisotopic (exact) mass is 449 g/mol. The molecular formula is C24H20FN3O5. The van der Waals surface area contributed by atoms with E-state index in [1.807, 2.05) is 0 Å². The average Bonchev–Trinajstić information content (AvgIpc) is 3.56. The van der Waals surface area contributed by atoms with E-state index in [1.54, 1.807) is 40.1 Å². The average molecular weight is 449 g/mol. The van der Waals surface area contributed by atoms with E-state index in [2.05, 4.69) is 5.16 Å². The number of carbonyl (C=O) groups is 2. The molecule has 0 N–H and O–H groups in total. The van der Waals surface area contributed by atoms with Crippen LogP contribution < -0.4 is 14.4 Å². The standard InChI is InChI=1S/C24H20FN3O5/c25-16-3-1-14(2-4-16)23-18-7-8-27(12-19(18)26-33-23)24(30)15-9-22(29)28(11-15)17-5-6-20-21(10-17)32-13-31-20/h1-6,10,15H,7-9,11-13H2. The van der Waals surface area contributed by atoms with E-state index in [0.717, 1.165) is 11.1 Å².